The van der Waals surface area contributed by atoms with Gasteiger partial charge in [-0.2, -0.15) is 4.98 Å². The van der Waals surface area contributed by atoms with Crippen molar-refractivity contribution < 1.29 is 9.84 Å². The summed E-state index contributed by atoms with van der Waals surface area (Å²) in [6, 6.07) is 14.9. The van der Waals surface area contributed by atoms with Gasteiger partial charge in [-0.05, 0) is 48.9 Å². The van der Waals surface area contributed by atoms with Crippen molar-refractivity contribution in [1.29, 1.82) is 0 Å². The molecule has 2 N–H and O–H groups in total. The van der Waals surface area contributed by atoms with Crippen molar-refractivity contribution in [3.8, 4) is 17.6 Å². The number of rotatable bonds is 6. The van der Waals surface area contributed by atoms with E-state index in [1.54, 1.807) is 55.5 Å². The molecule has 2 aromatic carbocycles. The van der Waals surface area contributed by atoms with Gasteiger partial charge in [0.2, 0.25) is 11.5 Å². The molecule has 2 heterocycles. The summed E-state index contributed by atoms with van der Waals surface area (Å²) in [6.45, 7) is 2.13. The van der Waals surface area contributed by atoms with E-state index < -0.39 is 11.4 Å². The molecule has 4 rings (SSSR count). The summed E-state index contributed by atoms with van der Waals surface area (Å²) in [7, 11) is 0. The normalized spacial score (nSPS) is 11.5. The maximum atomic E-state index is 13.0. The fourth-order valence-electron chi connectivity index (χ4n) is 3.03. The molecule has 0 spiro atoms. The number of nitrogens with zero attached hydrogens (tertiary/aromatic N) is 5. The van der Waals surface area contributed by atoms with Crippen molar-refractivity contribution in [2.45, 2.75) is 20.0 Å². The Morgan fingerprint density at radius 2 is 1.79 bits per heavy atom. The van der Waals surface area contributed by atoms with Crippen molar-refractivity contribution in [3.05, 3.63) is 98.0 Å². The summed E-state index contributed by atoms with van der Waals surface area (Å²) < 4.78 is 7.98. The van der Waals surface area contributed by atoms with Crippen molar-refractivity contribution in [3.63, 3.8) is 0 Å². The summed E-state index contributed by atoms with van der Waals surface area (Å²) in [5.74, 6) is 0.214. The molecule has 0 fully saturated rings. The minimum absolute atomic E-state index is 0.00648. The van der Waals surface area contributed by atoms with Crippen LogP contribution >= 0.6 is 11.6 Å². The zero-order valence-electron chi connectivity index (χ0n) is 17.5. The molecular weight excluding hydrogens is 448 g/mol. The lowest BCUT2D eigenvalue weighted by atomic mass is 10.2. The van der Waals surface area contributed by atoms with Gasteiger partial charge in [-0.1, -0.05) is 23.7 Å². The molecule has 0 bridgehead atoms. The Labute approximate surface area is 192 Å². The summed E-state index contributed by atoms with van der Waals surface area (Å²) in [6.07, 6.45) is 1.37. The average molecular weight is 467 g/mol. The topological polar surface area (TPSA) is 127 Å². The molecule has 2 aromatic heterocycles. The van der Waals surface area contributed by atoms with Gasteiger partial charge < -0.3 is 9.84 Å². The Balaban J connectivity index is 1.71. The summed E-state index contributed by atoms with van der Waals surface area (Å²) in [5.41, 5.74) is 0.385. The van der Waals surface area contributed by atoms with Crippen LogP contribution in [0.4, 0.5) is 5.69 Å². The van der Waals surface area contributed by atoms with Crippen molar-refractivity contribution in [2.24, 2.45) is 4.99 Å². The highest BCUT2D eigenvalue weighted by Gasteiger charge is 2.09. The van der Waals surface area contributed by atoms with Crippen LogP contribution in [0.3, 0.4) is 0 Å². The molecule has 0 aliphatic heterocycles. The first-order chi connectivity index (χ1) is 15.9. The van der Waals surface area contributed by atoms with E-state index >= 15 is 0 Å². The zero-order valence-corrected chi connectivity index (χ0v) is 18.2. The van der Waals surface area contributed by atoms with Crippen LogP contribution in [0.2, 0.25) is 5.02 Å². The first-order valence-corrected chi connectivity index (χ1v) is 10.3. The third-order valence-electron chi connectivity index (χ3n) is 4.65. The number of hydrogen-bond donors (Lipinski definition) is 2. The third-order valence-corrected chi connectivity index (χ3v) is 4.90. The Morgan fingerprint density at radius 3 is 2.45 bits per heavy atom. The highest BCUT2D eigenvalue weighted by Crippen LogP contribution is 2.22. The largest absolute Gasteiger partial charge is 0.493 e. The zero-order chi connectivity index (χ0) is 23.4. The van der Waals surface area contributed by atoms with Crippen molar-refractivity contribution >= 4 is 17.3 Å². The van der Waals surface area contributed by atoms with E-state index in [9.17, 15) is 14.7 Å². The van der Waals surface area contributed by atoms with Gasteiger partial charge in [0.25, 0.3) is 0 Å². The van der Waals surface area contributed by atoms with Crippen LogP contribution in [0.1, 0.15) is 12.5 Å². The quantitative estimate of drug-likeness (QED) is 0.449. The second-order valence-electron chi connectivity index (χ2n) is 6.90. The van der Waals surface area contributed by atoms with Gasteiger partial charge in [-0.3, -0.25) is 9.55 Å². The SMILES string of the molecule is CCn1c(=O)[nH]/c(=N\c2ccc(Oc3nccc(O)n3)cc2)n(Cc2ccc(Cl)cc2)c1=O. The van der Waals surface area contributed by atoms with E-state index in [0.717, 1.165) is 10.1 Å². The van der Waals surface area contributed by atoms with Gasteiger partial charge in [-0.15, -0.1) is 0 Å². The molecule has 33 heavy (non-hydrogen) atoms. The molecule has 0 saturated carbocycles. The van der Waals surface area contributed by atoms with E-state index in [4.69, 9.17) is 16.3 Å². The Kier molecular flexibility index (Phi) is 6.36. The monoisotopic (exact) mass is 466 g/mol. The first kappa shape index (κ1) is 22.0. The minimum atomic E-state index is -0.547. The molecule has 0 aliphatic rings. The van der Waals surface area contributed by atoms with Crippen LogP contribution in [-0.4, -0.2) is 29.2 Å². The van der Waals surface area contributed by atoms with Gasteiger partial charge in [0, 0.05) is 23.8 Å². The second kappa shape index (κ2) is 9.53. The number of nitrogens with one attached hydrogen (secondary N) is 1. The molecule has 0 unspecified atom stereocenters. The highest BCUT2D eigenvalue weighted by molar-refractivity contribution is 6.30. The van der Waals surface area contributed by atoms with Crippen LogP contribution in [0.5, 0.6) is 17.6 Å². The third kappa shape index (κ3) is 5.18. The number of aromatic hydroxyl groups is 1. The first-order valence-electron chi connectivity index (χ1n) is 9.96. The van der Waals surface area contributed by atoms with E-state index in [0.29, 0.717) is 16.5 Å². The maximum absolute atomic E-state index is 13.0. The minimum Gasteiger partial charge on any atom is -0.493 e. The number of halogens is 1. The van der Waals surface area contributed by atoms with Gasteiger partial charge in [0.1, 0.15) is 5.75 Å². The number of aromatic nitrogens is 5. The van der Waals surface area contributed by atoms with E-state index in [1.165, 1.54) is 16.8 Å². The lowest BCUT2D eigenvalue weighted by molar-refractivity contribution is 0.406. The van der Waals surface area contributed by atoms with Crippen LogP contribution in [-0.2, 0) is 13.1 Å². The molecule has 0 aliphatic carbocycles. The van der Waals surface area contributed by atoms with Gasteiger partial charge in [-0.25, -0.2) is 24.1 Å². The van der Waals surface area contributed by atoms with Gasteiger partial charge in [0.05, 0.1) is 12.2 Å². The maximum Gasteiger partial charge on any atom is 0.335 e. The molecule has 0 saturated heterocycles. The number of aromatic amines is 1. The lowest BCUT2D eigenvalue weighted by Crippen LogP contribution is -2.49. The number of ether oxygens (including phenoxy) is 1. The molecular formula is C22H19ClN6O4. The molecule has 168 valence electrons. The molecule has 0 amide bonds. The number of H-pyrrole nitrogens is 1. The van der Waals surface area contributed by atoms with Gasteiger partial charge in [0.15, 0.2) is 0 Å². The van der Waals surface area contributed by atoms with Crippen LogP contribution in [0.25, 0.3) is 0 Å². The number of benzene rings is 2. The lowest BCUT2D eigenvalue weighted by Gasteiger charge is -2.10. The van der Waals surface area contributed by atoms with Crippen LogP contribution in [0, 0.1) is 0 Å². The smallest absolute Gasteiger partial charge is 0.335 e. The van der Waals surface area contributed by atoms with E-state index in [1.807, 2.05) is 0 Å². The fourth-order valence-corrected chi connectivity index (χ4v) is 3.16. The van der Waals surface area contributed by atoms with Crippen LogP contribution in [0.15, 0.2) is 75.4 Å². The standard InChI is InChI=1S/C22H19ClN6O4/c1-2-28-21(31)27-19(29(22(28)32)13-14-3-5-15(23)6-4-14)25-16-7-9-17(10-8-16)33-20-24-12-11-18(30)26-20/h3-12H,2,13H2,1H3,(H,24,26,30)(H,25,27,31). The van der Waals surface area contributed by atoms with Gasteiger partial charge >= 0.3 is 17.4 Å². The van der Waals surface area contributed by atoms with E-state index in [2.05, 4.69) is 19.9 Å². The predicted molar refractivity (Wildman–Crippen MR) is 121 cm³/mol. The second-order valence-corrected chi connectivity index (χ2v) is 7.33. The average Bonchev–Trinajstić information content (AvgIpc) is 2.79. The van der Waals surface area contributed by atoms with Crippen molar-refractivity contribution in [1.82, 2.24) is 24.1 Å². The van der Waals surface area contributed by atoms with Crippen LogP contribution < -0.4 is 21.7 Å². The van der Waals surface area contributed by atoms with Crippen molar-refractivity contribution in [2.75, 3.05) is 0 Å². The summed E-state index contributed by atoms with van der Waals surface area (Å²) in [4.78, 5) is 40.1. The molecule has 0 atom stereocenters. The molecule has 11 heteroatoms. The summed E-state index contributed by atoms with van der Waals surface area (Å²) >= 11 is 5.96. The number of hydrogen-bond acceptors (Lipinski definition) is 7. The Hall–Kier alpha value is -4.18. The Morgan fingerprint density at radius 1 is 1.06 bits per heavy atom. The predicted octanol–water partition coefficient (Wildman–Crippen LogP) is 2.58. The Bertz CT molecular complexity index is 1460. The summed E-state index contributed by atoms with van der Waals surface area (Å²) in [5, 5.41) is 10.00. The fraction of sp³-hybridized carbons (Fsp3) is 0.136. The van der Waals surface area contributed by atoms with E-state index in [-0.39, 0.29) is 30.6 Å². The molecule has 10 nitrogen and oxygen atoms in total. The molecule has 4 aromatic rings. The molecule has 0 radical (unpaired) electrons. The highest BCUT2D eigenvalue weighted by atomic mass is 35.5.